The van der Waals surface area contributed by atoms with E-state index in [0.717, 1.165) is 17.7 Å². The van der Waals surface area contributed by atoms with Crippen molar-refractivity contribution in [2.45, 2.75) is 32.4 Å². The molecule has 1 rings (SSSR count). The van der Waals surface area contributed by atoms with Crippen molar-refractivity contribution in [3.8, 4) is 5.75 Å². The predicted molar refractivity (Wildman–Crippen MR) is 76.8 cm³/mol. The van der Waals surface area contributed by atoms with Crippen molar-refractivity contribution in [3.05, 3.63) is 29.8 Å². The topological polar surface area (TPSA) is 78.8 Å². The maximum Gasteiger partial charge on any atom is 0.320 e. The molecular weight excluding hydrogens is 258 g/mol. The second kappa shape index (κ2) is 7.87. The number of methoxy groups -OCH3 is 1. The highest BCUT2D eigenvalue weighted by molar-refractivity contribution is 5.73. The molecule has 0 aliphatic carbocycles. The Morgan fingerprint density at radius 1 is 1.35 bits per heavy atom. The largest absolute Gasteiger partial charge is 0.497 e. The number of aliphatic hydroxyl groups is 1. The molecule has 0 aliphatic heterocycles. The van der Waals surface area contributed by atoms with E-state index < -0.39 is 18.1 Å². The van der Waals surface area contributed by atoms with Gasteiger partial charge in [0.05, 0.1) is 13.2 Å². The third-order valence-corrected chi connectivity index (χ3v) is 3.51. The summed E-state index contributed by atoms with van der Waals surface area (Å²) < 4.78 is 5.05. The first-order chi connectivity index (χ1) is 9.49. The lowest BCUT2D eigenvalue weighted by atomic mass is 9.99. The van der Waals surface area contributed by atoms with E-state index in [4.69, 9.17) is 9.84 Å². The van der Waals surface area contributed by atoms with Crippen molar-refractivity contribution in [1.82, 2.24) is 5.32 Å². The van der Waals surface area contributed by atoms with Crippen LogP contribution in [0.25, 0.3) is 0 Å². The summed E-state index contributed by atoms with van der Waals surface area (Å²) in [6.45, 7) is 4.03. The van der Waals surface area contributed by atoms with Gasteiger partial charge in [-0.2, -0.15) is 0 Å². The van der Waals surface area contributed by atoms with Crippen LogP contribution < -0.4 is 10.1 Å². The number of carboxylic acid groups (broad SMARTS) is 1. The smallest absolute Gasteiger partial charge is 0.320 e. The number of ether oxygens (including phenoxy) is 1. The second-order valence-electron chi connectivity index (χ2n) is 4.90. The normalized spacial score (nSPS) is 15.4. The average Bonchev–Trinajstić information content (AvgIpc) is 2.46. The maximum atomic E-state index is 11.2. The second-order valence-corrected chi connectivity index (χ2v) is 4.90. The zero-order valence-corrected chi connectivity index (χ0v) is 12.2. The van der Waals surface area contributed by atoms with Crippen molar-refractivity contribution in [1.29, 1.82) is 0 Å². The molecular formula is C15H23NO4. The quantitative estimate of drug-likeness (QED) is 0.677. The third kappa shape index (κ3) is 4.51. The molecule has 0 fully saturated rings. The molecule has 20 heavy (non-hydrogen) atoms. The summed E-state index contributed by atoms with van der Waals surface area (Å²) in [4.78, 5) is 11.2. The lowest BCUT2D eigenvalue weighted by Crippen LogP contribution is -2.43. The van der Waals surface area contributed by atoms with Crippen LogP contribution in [0.2, 0.25) is 0 Å². The lowest BCUT2D eigenvalue weighted by Gasteiger charge is -2.22. The molecule has 0 radical (unpaired) electrons. The molecule has 1 aromatic carbocycles. The Balaban J connectivity index is 2.60. The number of hydrogen-bond acceptors (Lipinski definition) is 4. The Bertz CT molecular complexity index is 418. The SMILES string of the molecule is CCC(C)C(NCC(O)c1ccc(OC)cc1)C(=O)O. The van der Waals surface area contributed by atoms with E-state index in [1.807, 2.05) is 13.8 Å². The molecule has 0 bridgehead atoms. The van der Waals surface area contributed by atoms with Crippen LogP contribution in [-0.2, 0) is 4.79 Å². The molecule has 0 saturated carbocycles. The zero-order valence-electron chi connectivity index (χ0n) is 12.2. The monoisotopic (exact) mass is 281 g/mol. The van der Waals surface area contributed by atoms with Crippen LogP contribution >= 0.6 is 0 Å². The van der Waals surface area contributed by atoms with Gasteiger partial charge in [0, 0.05) is 6.54 Å². The Hall–Kier alpha value is -1.59. The third-order valence-electron chi connectivity index (χ3n) is 3.51. The molecule has 3 atom stereocenters. The summed E-state index contributed by atoms with van der Waals surface area (Å²) in [6.07, 6.45) is 0.0228. The van der Waals surface area contributed by atoms with Gasteiger partial charge >= 0.3 is 5.97 Å². The maximum absolute atomic E-state index is 11.2. The van der Waals surface area contributed by atoms with Crippen molar-refractivity contribution in [2.75, 3.05) is 13.7 Å². The van der Waals surface area contributed by atoms with Gasteiger partial charge in [0.15, 0.2) is 0 Å². The minimum Gasteiger partial charge on any atom is -0.497 e. The van der Waals surface area contributed by atoms with Crippen LogP contribution in [-0.4, -0.2) is 35.9 Å². The Morgan fingerprint density at radius 2 is 1.95 bits per heavy atom. The van der Waals surface area contributed by atoms with Crippen LogP contribution in [0.3, 0.4) is 0 Å². The fourth-order valence-electron chi connectivity index (χ4n) is 1.95. The number of carboxylic acids is 1. The minimum atomic E-state index is -0.888. The van der Waals surface area contributed by atoms with Crippen LogP contribution in [0.4, 0.5) is 0 Å². The number of rotatable bonds is 8. The number of nitrogens with one attached hydrogen (secondary N) is 1. The summed E-state index contributed by atoms with van der Waals surface area (Å²) in [5.74, 6) is -0.159. The van der Waals surface area contributed by atoms with Crippen LogP contribution in [0, 0.1) is 5.92 Å². The van der Waals surface area contributed by atoms with E-state index in [0.29, 0.717) is 0 Å². The van der Waals surface area contributed by atoms with Gasteiger partial charge in [0.1, 0.15) is 11.8 Å². The summed E-state index contributed by atoms with van der Waals surface area (Å²) in [6, 6.07) is 6.42. The van der Waals surface area contributed by atoms with Crippen LogP contribution in [0.1, 0.15) is 31.9 Å². The van der Waals surface area contributed by atoms with Crippen molar-refractivity contribution >= 4 is 5.97 Å². The molecule has 0 aliphatic rings. The standard InChI is InChI=1S/C15H23NO4/c1-4-10(2)14(15(18)19)16-9-13(17)11-5-7-12(20-3)8-6-11/h5-8,10,13-14,16-17H,4,9H2,1-3H3,(H,18,19). The van der Waals surface area contributed by atoms with E-state index in [2.05, 4.69) is 5.32 Å². The molecule has 5 nitrogen and oxygen atoms in total. The number of aliphatic carboxylic acids is 1. The highest BCUT2D eigenvalue weighted by atomic mass is 16.5. The summed E-state index contributed by atoms with van der Waals surface area (Å²) in [5.41, 5.74) is 0.728. The Kier molecular flexibility index (Phi) is 6.48. The first kappa shape index (κ1) is 16.5. The van der Waals surface area contributed by atoms with E-state index in [1.165, 1.54) is 0 Å². The minimum absolute atomic E-state index is 0.00978. The molecule has 112 valence electrons. The van der Waals surface area contributed by atoms with Gasteiger partial charge in [0.25, 0.3) is 0 Å². The molecule has 0 amide bonds. The summed E-state index contributed by atoms with van der Waals surface area (Å²) >= 11 is 0. The first-order valence-electron chi connectivity index (χ1n) is 6.77. The zero-order chi connectivity index (χ0) is 15.1. The number of hydrogen-bond donors (Lipinski definition) is 3. The van der Waals surface area contributed by atoms with E-state index in [1.54, 1.807) is 31.4 Å². The molecule has 0 heterocycles. The van der Waals surface area contributed by atoms with Crippen molar-refractivity contribution < 1.29 is 19.7 Å². The van der Waals surface area contributed by atoms with Gasteiger partial charge in [-0.1, -0.05) is 32.4 Å². The predicted octanol–water partition coefficient (Wildman–Crippen LogP) is 1.82. The molecule has 3 N–H and O–H groups in total. The van der Waals surface area contributed by atoms with Gasteiger partial charge in [-0.25, -0.2) is 0 Å². The molecule has 1 aromatic rings. The number of aliphatic hydroxyl groups excluding tert-OH is 1. The number of benzene rings is 1. The van der Waals surface area contributed by atoms with Gasteiger partial charge in [0.2, 0.25) is 0 Å². The molecule has 0 spiro atoms. The first-order valence-corrected chi connectivity index (χ1v) is 6.77. The van der Waals surface area contributed by atoms with Crippen LogP contribution in [0.15, 0.2) is 24.3 Å². The van der Waals surface area contributed by atoms with Gasteiger partial charge in [-0.3, -0.25) is 4.79 Å². The van der Waals surface area contributed by atoms with E-state index in [9.17, 15) is 9.90 Å². The highest BCUT2D eigenvalue weighted by Crippen LogP contribution is 2.17. The molecule has 0 saturated heterocycles. The summed E-state index contributed by atoms with van der Waals surface area (Å²) in [7, 11) is 1.58. The van der Waals surface area contributed by atoms with Crippen molar-refractivity contribution in [3.63, 3.8) is 0 Å². The Morgan fingerprint density at radius 3 is 2.40 bits per heavy atom. The average molecular weight is 281 g/mol. The van der Waals surface area contributed by atoms with Gasteiger partial charge in [-0.05, 0) is 23.6 Å². The molecule has 0 aromatic heterocycles. The fourth-order valence-corrected chi connectivity index (χ4v) is 1.95. The Labute approximate surface area is 119 Å². The van der Waals surface area contributed by atoms with E-state index >= 15 is 0 Å². The van der Waals surface area contributed by atoms with Crippen molar-refractivity contribution in [2.24, 2.45) is 5.92 Å². The van der Waals surface area contributed by atoms with Crippen LogP contribution in [0.5, 0.6) is 5.75 Å². The van der Waals surface area contributed by atoms with Gasteiger partial charge in [-0.15, -0.1) is 0 Å². The lowest BCUT2D eigenvalue weighted by molar-refractivity contribution is -0.141. The highest BCUT2D eigenvalue weighted by Gasteiger charge is 2.23. The molecule has 5 heteroatoms. The molecule has 3 unspecified atom stereocenters. The van der Waals surface area contributed by atoms with Gasteiger partial charge < -0.3 is 20.3 Å². The number of carbonyl (C=O) groups is 1. The van der Waals surface area contributed by atoms with E-state index in [-0.39, 0.29) is 12.5 Å². The summed E-state index contributed by atoms with van der Waals surface area (Å²) in [5, 5.41) is 22.2. The fraction of sp³-hybridized carbons (Fsp3) is 0.533.